The smallest absolute Gasteiger partial charge is 0.411 e. The van der Waals surface area contributed by atoms with Crippen LogP contribution in [0.25, 0.3) is 0 Å². The predicted octanol–water partition coefficient (Wildman–Crippen LogP) is 3.02. The van der Waals surface area contributed by atoms with Gasteiger partial charge in [-0.2, -0.15) is 13.2 Å². The van der Waals surface area contributed by atoms with Crippen molar-refractivity contribution in [3.8, 4) is 5.75 Å². The number of hydrogen-bond acceptors (Lipinski definition) is 6. The molecule has 0 unspecified atom stereocenters. The van der Waals surface area contributed by atoms with Crippen molar-refractivity contribution in [2.75, 3.05) is 24.8 Å². The highest BCUT2D eigenvalue weighted by molar-refractivity contribution is 7.19. The summed E-state index contributed by atoms with van der Waals surface area (Å²) in [4.78, 5) is 11.8. The average Bonchev–Trinajstić information content (AvgIpc) is 3.10. The van der Waals surface area contributed by atoms with Gasteiger partial charge in [-0.05, 0) is 19.8 Å². The van der Waals surface area contributed by atoms with Crippen LogP contribution in [0.3, 0.4) is 0 Å². The number of nitrogens with two attached hydrogens (primary N) is 1. The Kier molecular flexibility index (Phi) is 3.96. The Labute approximate surface area is 123 Å². The van der Waals surface area contributed by atoms with Crippen molar-refractivity contribution in [2.45, 2.75) is 31.5 Å². The van der Waals surface area contributed by atoms with Crippen molar-refractivity contribution in [3.63, 3.8) is 0 Å². The molecule has 3 N–H and O–H groups in total. The fourth-order valence-corrected chi connectivity index (χ4v) is 2.97. The minimum atomic E-state index is -4.37. The standard InChI is InChI=1S/C12H15F3N2O3S/c1-3-20-10(18)8-6(16)7(19-2)9(21-8)17-11(4-5-11)12(13,14)15/h17H,3-5,16H2,1-2H3. The second-order valence-corrected chi connectivity index (χ2v) is 5.65. The van der Waals surface area contributed by atoms with Gasteiger partial charge in [-0.15, -0.1) is 11.3 Å². The van der Waals surface area contributed by atoms with Gasteiger partial charge in [-0.3, -0.25) is 0 Å². The predicted molar refractivity (Wildman–Crippen MR) is 72.9 cm³/mol. The van der Waals surface area contributed by atoms with E-state index in [0.717, 1.165) is 11.3 Å². The molecule has 0 atom stereocenters. The van der Waals surface area contributed by atoms with E-state index in [1.807, 2.05) is 0 Å². The third kappa shape index (κ3) is 2.74. The summed E-state index contributed by atoms with van der Waals surface area (Å²) < 4.78 is 48.8. The summed E-state index contributed by atoms with van der Waals surface area (Å²) in [6.07, 6.45) is -4.42. The van der Waals surface area contributed by atoms with Crippen LogP contribution in [-0.2, 0) is 4.74 Å². The van der Waals surface area contributed by atoms with Crippen molar-refractivity contribution >= 4 is 28.0 Å². The molecule has 9 heteroatoms. The van der Waals surface area contributed by atoms with Crippen LogP contribution < -0.4 is 15.8 Å². The number of carbonyl (C=O) groups is 1. The molecular formula is C12H15F3N2O3S. The molecule has 1 aliphatic carbocycles. The fraction of sp³-hybridized carbons (Fsp3) is 0.583. The molecule has 0 aliphatic heterocycles. The zero-order valence-electron chi connectivity index (χ0n) is 11.5. The minimum absolute atomic E-state index is 0.0126. The van der Waals surface area contributed by atoms with E-state index in [9.17, 15) is 18.0 Å². The van der Waals surface area contributed by atoms with Gasteiger partial charge in [0.1, 0.15) is 21.1 Å². The number of methoxy groups -OCH3 is 1. The normalized spacial score (nSPS) is 16.4. The van der Waals surface area contributed by atoms with Gasteiger partial charge in [-0.1, -0.05) is 0 Å². The molecule has 0 spiro atoms. The van der Waals surface area contributed by atoms with E-state index in [4.69, 9.17) is 15.2 Å². The van der Waals surface area contributed by atoms with Gasteiger partial charge in [0.25, 0.3) is 0 Å². The van der Waals surface area contributed by atoms with Crippen LogP contribution >= 0.6 is 11.3 Å². The van der Waals surface area contributed by atoms with E-state index in [-0.39, 0.29) is 40.8 Å². The molecule has 1 aromatic heterocycles. The highest BCUT2D eigenvalue weighted by atomic mass is 32.1. The van der Waals surface area contributed by atoms with Crippen LogP contribution in [0.2, 0.25) is 0 Å². The number of halogens is 3. The van der Waals surface area contributed by atoms with Gasteiger partial charge < -0.3 is 20.5 Å². The monoisotopic (exact) mass is 324 g/mol. The Bertz CT molecular complexity index is 553. The Balaban J connectivity index is 2.32. The second kappa shape index (κ2) is 5.28. The quantitative estimate of drug-likeness (QED) is 0.815. The Morgan fingerprint density at radius 1 is 1.48 bits per heavy atom. The van der Waals surface area contributed by atoms with Gasteiger partial charge in [-0.25, -0.2) is 4.79 Å². The van der Waals surface area contributed by atoms with Crippen LogP contribution in [0.15, 0.2) is 0 Å². The highest BCUT2D eigenvalue weighted by Gasteiger charge is 2.64. The Hall–Kier alpha value is -1.64. The van der Waals surface area contributed by atoms with Gasteiger partial charge in [0.05, 0.1) is 13.7 Å². The van der Waals surface area contributed by atoms with Gasteiger partial charge in [0, 0.05) is 0 Å². The first-order chi connectivity index (χ1) is 9.75. The average molecular weight is 324 g/mol. The summed E-state index contributed by atoms with van der Waals surface area (Å²) >= 11 is 0.806. The lowest BCUT2D eigenvalue weighted by Crippen LogP contribution is -2.38. The molecule has 0 bridgehead atoms. The number of carbonyl (C=O) groups excluding carboxylic acids is 1. The number of nitrogen functional groups attached to an aromatic ring is 1. The topological polar surface area (TPSA) is 73.6 Å². The molecule has 1 saturated carbocycles. The van der Waals surface area contributed by atoms with Crippen molar-refractivity contribution in [2.24, 2.45) is 0 Å². The van der Waals surface area contributed by atoms with E-state index in [0.29, 0.717) is 0 Å². The maximum atomic E-state index is 13.0. The lowest BCUT2D eigenvalue weighted by molar-refractivity contribution is -0.151. The second-order valence-electron chi connectivity index (χ2n) is 4.63. The van der Waals surface area contributed by atoms with E-state index in [1.165, 1.54) is 7.11 Å². The molecule has 1 aromatic rings. The number of rotatable bonds is 5. The summed E-state index contributed by atoms with van der Waals surface area (Å²) in [7, 11) is 1.28. The minimum Gasteiger partial charge on any atom is -0.492 e. The number of nitrogens with one attached hydrogen (secondary N) is 1. The molecule has 21 heavy (non-hydrogen) atoms. The van der Waals surface area contributed by atoms with Crippen LogP contribution in [0.4, 0.5) is 23.9 Å². The molecule has 5 nitrogen and oxygen atoms in total. The lowest BCUT2D eigenvalue weighted by Gasteiger charge is -2.21. The summed E-state index contributed by atoms with van der Waals surface area (Å²) in [6, 6.07) is 0. The SMILES string of the molecule is CCOC(=O)c1sc(NC2(C(F)(F)F)CC2)c(OC)c1N. The third-order valence-electron chi connectivity index (χ3n) is 3.21. The molecule has 2 rings (SSSR count). The summed E-state index contributed by atoms with van der Waals surface area (Å²) in [6.45, 7) is 1.77. The number of hydrogen-bond donors (Lipinski definition) is 2. The first kappa shape index (κ1) is 15.7. The molecular weight excluding hydrogens is 309 g/mol. The molecule has 0 aromatic carbocycles. The number of esters is 1. The molecule has 0 amide bonds. The zero-order chi connectivity index (χ0) is 15.8. The molecule has 1 aliphatic rings. The van der Waals surface area contributed by atoms with Crippen molar-refractivity contribution in [1.82, 2.24) is 0 Å². The van der Waals surface area contributed by atoms with Crippen LogP contribution in [0, 0.1) is 0 Å². The van der Waals surface area contributed by atoms with Crippen molar-refractivity contribution < 1.29 is 27.4 Å². The summed E-state index contributed by atoms with van der Waals surface area (Å²) in [5, 5.41) is 2.52. The molecule has 0 radical (unpaired) electrons. The van der Waals surface area contributed by atoms with Crippen LogP contribution in [-0.4, -0.2) is 31.4 Å². The van der Waals surface area contributed by atoms with Gasteiger partial charge in [0.2, 0.25) is 0 Å². The van der Waals surface area contributed by atoms with E-state index < -0.39 is 17.7 Å². The summed E-state index contributed by atoms with van der Waals surface area (Å²) in [5.41, 5.74) is 3.79. The third-order valence-corrected chi connectivity index (χ3v) is 4.29. The first-order valence-electron chi connectivity index (χ1n) is 6.24. The molecule has 0 saturated heterocycles. The Morgan fingerprint density at radius 3 is 2.52 bits per heavy atom. The fourth-order valence-electron chi connectivity index (χ4n) is 1.88. The largest absolute Gasteiger partial charge is 0.492 e. The summed E-state index contributed by atoms with van der Waals surface area (Å²) in [5.74, 6) is -0.637. The number of ether oxygens (including phenoxy) is 2. The Morgan fingerprint density at radius 2 is 2.10 bits per heavy atom. The van der Waals surface area contributed by atoms with Crippen molar-refractivity contribution in [1.29, 1.82) is 0 Å². The lowest BCUT2D eigenvalue weighted by atomic mass is 10.2. The molecule has 1 heterocycles. The zero-order valence-corrected chi connectivity index (χ0v) is 12.3. The van der Waals surface area contributed by atoms with Crippen LogP contribution in [0.5, 0.6) is 5.75 Å². The maximum Gasteiger partial charge on any atom is 0.411 e. The maximum absolute atomic E-state index is 13.0. The number of alkyl halides is 3. The molecule has 1 fully saturated rings. The first-order valence-corrected chi connectivity index (χ1v) is 7.05. The molecule has 118 valence electrons. The van der Waals surface area contributed by atoms with E-state index in [1.54, 1.807) is 6.92 Å². The van der Waals surface area contributed by atoms with Gasteiger partial charge in [0.15, 0.2) is 5.75 Å². The number of thiophene rings is 1. The van der Waals surface area contributed by atoms with Crippen molar-refractivity contribution in [3.05, 3.63) is 4.88 Å². The number of anilines is 2. The van der Waals surface area contributed by atoms with E-state index in [2.05, 4.69) is 5.32 Å². The highest BCUT2D eigenvalue weighted by Crippen LogP contribution is 2.54. The van der Waals surface area contributed by atoms with Crippen LogP contribution in [0.1, 0.15) is 29.4 Å². The van der Waals surface area contributed by atoms with E-state index >= 15 is 0 Å². The van der Waals surface area contributed by atoms with Gasteiger partial charge >= 0.3 is 12.1 Å².